The van der Waals surface area contributed by atoms with Crippen molar-refractivity contribution < 1.29 is 24.2 Å². The zero-order valence-corrected chi connectivity index (χ0v) is 11.3. The van der Waals surface area contributed by atoms with Crippen molar-refractivity contribution in [2.45, 2.75) is 32.4 Å². The van der Waals surface area contributed by atoms with Crippen LogP contribution in [0.4, 0.5) is 4.79 Å². The van der Waals surface area contributed by atoms with Gasteiger partial charge in [0.1, 0.15) is 6.04 Å². The number of hydrogen-bond acceptors (Lipinski definition) is 4. The van der Waals surface area contributed by atoms with Gasteiger partial charge in [-0.1, -0.05) is 13.8 Å². The molecule has 0 bridgehead atoms. The first-order valence-corrected chi connectivity index (χ1v) is 5.85. The van der Waals surface area contributed by atoms with Crippen LogP contribution in [0.3, 0.4) is 0 Å². The van der Waals surface area contributed by atoms with Gasteiger partial charge in [-0.3, -0.25) is 4.79 Å². The predicted molar refractivity (Wildman–Crippen MR) is 67.4 cm³/mol. The lowest BCUT2D eigenvalue weighted by Crippen LogP contribution is -2.52. The van der Waals surface area contributed by atoms with E-state index in [1.807, 2.05) is 13.8 Å². The van der Waals surface area contributed by atoms with Crippen LogP contribution in [0.5, 0.6) is 0 Å². The van der Waals surface area contributed by atoms with E-state index in [0.29, 0.717) is 6.61 Å². The van der Waals surface area contributed by atoms with Crippen molar-refractivity contribution in [2.24, 2.45) is 11.7 Å². The summed E-state index contributed by atoms with van der Waals surface area (Å²) >= 11 is 0. The van der Waals surface area contributed by atoms with Crippen molar-refractivity contribution in [2.75, 3.05) is 13.7 Å². The molecule has 2 atom stereocenters. The second-order valence-electron chi connectivity index (χ2n) is 4.48. The highest BCUT2D eigenvalue weighted by Crippen LogP contribution is 2.02. The lowest BCUT2D eigenvalue weighted by atomic mass is 10.1. The maximum Gasteiger partial charge on any atom is 0.326 e. The Labute approximate surface area is 111 Å². The normalized spacial score (nSPS) is 13.7. The van der Waals surface area contributed by atoms with E-state index in [1.54, 1.807) is 0 Å². The molecule has 0 radical (unpaired) electrons. The number of amides is 3. The van der Waals surface area contributed by atoms with Gasteiger partial charge in [0.25, 0.3) is 0 Å². The third kappa shape index (κ3) is 7.24. The van der Waals surface area contributed by atoms with E-state index in [9.17, 15) is 14.4 Å². The van der Waals surface area contributed by atoms with Gasteiger partial charge in [-0.15, -0.1) is 0 Å². The van der Waals surface area contributed by atoms with Gasteiger partial charge in [0.05, 0.1) is 19.1 Å². The fourth-order valence-electron chi connectivity index (χ4n) is 1.35. The first-order chi connectivity index (χ1) is 8.77. The Hall–Kier alpha value is -1.83. The van der Waals surface area contributed by atoms with Crippen molar-refractivity contribution in [1.82, 2.24) is 10.6 Å². The Kier molecular flexibility index (Phi) is 7.50. The van der Waals surface area contributed by atoms with Crippen LogP contribution >= 0.6 is 0 Å². The van der Waals surface area contributed by atoms with Crippen LogP contribution in [-0.4, -0.2) is 48.8 Å². The second kappa shape index (κ2) is 8.30. The largest absolute Gasteiger partial charge is 0.480 e. The highest BCUT2D eigenvalue weighted by molar-refractivity contribution is 5.87. The van der Waals surface area contributed by atoms with Gasteiger partial charge in [0.2, 0.25) is 5.91 Å². The maximum atomic E-state index is 11.6. The molecule has 0 aliphatic rings. The molecule has 3 amide bonds. The molecule has 0 heterocycles. The number of carboxylic acids is 1. The van der Waals surface area contributed by atoms with Gasteiger partial charge in [-0.05, 0) is 5.92 Å². The minimum Gasteiger partial charge on any atom is -0.480 e. The summed E-state index contributed by atoms with van der Waals surface area (Å²) < 4.78 is 4.95. The summed E-state index contributed by atoms with van der Waals surface area (Å²) in [4.78, 5) is 33.2. The summed E-state index contributed by atoms with van der Waals surface area (Å²) in [7, 11) is 1.50. The fourth-order valence-corrected chi connectivity index (χ4v) is 1.35. The van der Waals surface area contributed by atoms with Crippen LogP contribution in [0, 0.1) is 5.92 Å². The second-order valence-corrected chi connectivity index (χ2v) is 4.48. The molecule has 0 aliphatic carbocycles. The smallest absolute Gasteiger partial charge is 0.326 e. The van der Waals surface area contributed by atoms with E-state index in [2.05, 4.69) is 10.6 Å². The molecule has 0 aromatic heterocycles. The number of primary amides is 1. The number of carbonyl (C=O) groups is 3. The molecular weight excluding hydrogens is 254 g/mol. The van der Waals surface area contributed by atoms with Crippen LogP contribution in [-0.2, 0) is 14.3 Å². The van der Waals surface area contributed by atoms with Crippen LogP contribution in [0.15, 0.2) is 0 Å². The Morgan fingerprint density at radius 2 is 1.84 bits per heavy atom. The summed E-state index contributed by atoms with van der Waals surface area (Å²) in [6.45, 7) is 4.09. The van der Waals surface area contributed by atoms with E-state index in [-0.39, 0.29) is 12.0 Å². The van der Waals surface area contributed by atoms with Crippen LogP contribution in [0.25, 0.3) is 0 Å². The number of nitrogens with two attached hydrogens (primary N) is 1. The molecule has 8 nitrogen and oxygen atoms in total. The average molecular weight is 275 g/mol. The Balaban J connectivity index is 4.47. The zero-order chi connectivity index (χ0) is 15.0. The van der Waals surface area contributed by atoms with Gasteiger partial charge in [-0.25, -0.2) is 9.59 Å². The summed E-state index contributed by atoms with van der Waals surface area (Å²) in [6, 6.07) is -2.27. The molecule has 0 aliphatic heterocycles. The maximum absolute atomic E-state index is 11.6. The highest BCUT2D eigenvalue weighted by Gasteiger charge is 2.24. The summed E-state index contributed by atoms with van der Waals surface area (Å²) in [5.41, 5.74) is 4.91. The van der Waals surface area contributed by atoms with Gasteiger partial charge in [0, 0.05) is 7.11 Å². The Morgan fingerprint density at radius 3 is 2.21 bits per heavy atom. The SMILES string of the molecule is COCC(NC(=O)NC(CC(N)=O)C(=O)O)C(C)C. The number of urea groups is 1. The molecule has 0 spiro atoms. The average Bonchev–Trinajstić information content (AvgIpc) is 2.26. The molecule has 5 N–H and O–H groups in total. The Bertz CT molecular complexity index is 332. The topological polar surface area (TPSA) is 131 Å². The molecule has 0 aromatic rings. The minimum absolute atomic E-state index is 0.116. The van der Waals surface area contributed by atoms with Gasteiger partial charge >= 0.3 is 12.0 Å². The molecule has 0 aromatic carbocycles. The number of carbonyl (C=O) groups excluding carboxylic acids is 2. The van der Waals surface area contributed by atoms with Crippen molar-refractivity contribution in [3.63, 3.8) is 0 Å². The van der Waals surface area contributed by atoms with E-state index in [1.165, 1.54) is 7.11 Å². The highest BCUT2D eigenvalue weighted by atomic mass is 16.5. The molecule has 110 valence electrons. The molecular formula is C11H21N3O5. The van der Waals surface area contributed by atoms with Crippen LogP contribution in [0.1, 0.15) is 20.3 Å². The standard InChI is InChI=1S/C11H21N3O5/c1-6(2)8(5-19-3)14-11(18)13-7(10(16)17)4-9(12)15/h6-8H,4-5H2,1-3H3,(H2,12,15)(H,16,17)(H2,13,14,18). The number of aliphatic carboxylic acids is 1. The third-order valence-electron chi connectivity index (χ3n) is 2.48. The number of rotatable bonds is 8. The van der Waals surface area contributed by atoms with Crippen LogP contribution < -0.4 is 16.4 Å². The van der Waals surface area contributed by atoms with Crippen molar-refractivity contribution in [3.05, 3.63) is 0 Å². The van der Waals surface area contributed by atoms with Crippen LogP contribution in [0.2, 0.25) is 0 Å². The van der Waals surface area contributed by atoms with Gasteiger partial charge in [-0.2, -0.15) is 0 Å². The van der Waals surface area contributed by atoms with Crippen molar-refractivity contribution in [1.29, 1.82) is 0 Å². The third-order valence-corrected chi connectivity index (χ3v) is 2.48. The summed E-state index contributed by atoms with van der Waals surface area (Å²) in [6.07, 6.45) is -0.459. The predicted octanol–water partition coefficient (Wildman–Crippen LogP) is -0.715. The van der Waals surface area contributed by atoms with Crippen molar-refractivity contribution >= 4 is 17.9 Å². The first-order valence-electron chi connectivity index (χ1n) is 5.85. The molecule has 2 unspecified atom stereocenters. The molecule has 8 heteroatoms. The zero-order valence-electron chi connectivity index (χ0n) is 11.3. The van der Waals surface area contributed by atoms with Gasteiger partial charge < -0.3 is 26.2 Å². The lowest BCUT2D eigenvalue weighted by Gasteiger charge is -2.23. The molecule has 0 fully saturated rings. The number of carboxylic acid groups (broad SMARTS) is 1. The number of methoxy groups -OCH3 is 1. The fraction of sp³-hybridized carbons (Fsp3) is 0.727. The quantitative estimate of drug-likeness (QED) is 0.464. The lowest BCUT2D eigenvalue weighted by molar-refractivity contribution is -0.140. The van der Waals surface area contributed by atoms with E-state index in [4.69, 9.17) is 15.6 Å². The summed E-state index contributed by atoms with van der Waals surface area (Å²) in [5, 5.41) is 13.6. The first kappa shape index (κ1) is 17.2. The molecule has 0 rings (SSSR count). The molecule has 0 saturated heterocycles. The molecule has 19 heavy (non-hydrogen) atoms. The van der Waals surface area contributed by atoms with E-state index < -0.39 is 30.4 Å². The Morgan fingerprint density at radius 1 is 1.26 bits per heavy atom. The van der Waals surface area contributed by atoms with Gasteiger partial charge in [0.15, 0.2) is 0 Å². The van der Waals surface area contributed by atoms with E-state index >= 15 is 0 Å². The minimum atomic E-state index is -1.34. The summed E-state index contributed by atoms with van der Waals surface area (Å²) in [5.74, 6) is -2.00. The van der Waals surface area contributed by atoms with Crippen molar-refractivity contribution in [3.8, 4) is 0 Å². The number of hydrogen-bond donors (Lipinski definition) is 4. The van der Waals surface area contributed by atoms with E-state index in [0.717, 1.165) is 0 Å². The molecule has 0 saturated carbocycles. The number of nitrogens with one attached hydrogen (secondary N) is 2. The monoisotopic (exact) mass is 275 g/mol. The number of ether oxygens (including phenoxy) is 1.